The summed E-state index contributed by atoms with van der Waals surface area (Å²) >= 11 is 0. The van der Waals surface area contributed by atoms with E-state index >= 15 is 0 Å². The lowest BCUT2D eigenvalue weighted by Crippen LogP contribution is -2.60. The fourth-order valence-electron chi connectivity index (χ4n) is 7.22. The van der Waals surface area contributed by atoms with Crippen LogP contribution in [0.4, 0.5) is 0 Å². The highest BCUT2D eigenvalue weighted by Crippen LogP contribution is 2.45. The van der Waals surface area contributed by atoms with E-state index in [1.807, 2.05) is 6.07 Å². The summed E-state index contributed by atoms with van der Waals surface area (Å²) in [5, 5.41) is 19.1. The van der Waals surface area contributed by atoms with E-state index in [1.54, 1.807) is 45.4 Å². The molecule has 6 atom stereocenters. The Morgan fingerprint density at radius 3 is 2.45 bits per heavy atom. The highest BCUT2D eigenvalue weighted by atomic mass is 16.5. The number of methoxy groups -OCH3 is 1. The predicted octanol–water partition coefficient (Wildman–Crippen LogP) is 2.96. The van der Waals surface area contributed by atoms with Crippen molar-refractivity contribution in [2.75, 3.05) is 13.7 Å². The Hall–Kier alpha value is -4.68. The molecule has 13 nitrogen and oxygen atoms in total. The number of hydrogen-bond acceptors (Lipinski definition) is 8. The van der Waals surface area contributed by atoms with Gasteiger partial charge in [0.1, 0.15) is 41.3 Å². The van der Waals surface area contributed by atoms with Crippen LogP contribution >= 0.6 is 0 Å². The highest BCUT2D eigenvalue weighted by molar-refractivity contribution is 5.97. The molecule has 2 heterocycles. The van der Waals surface area contributed by atoms with Crippen LogP contribution in [0.25, 0.3) is 10.9 Å². The first kappa shape index (κ1) is 35.6. The Bertz CT molecular complexity index is 1610. The lowest BCUT2D eigenvalue weighted by atomic mass is 9.83. The molecule has 5 rings (SSSR count). The number of carboxylic acids is 1. The molecule has 3 fully saturated rings. The Labute approximate surface area is 286 Å². The SMILES string of the molecule is C=C[C@@H]1C[C@]1(NC(=O)[C@@H]1C[C@@H](Oc2ccnc3cc(OC)ccc23)CN1C(=O)[C@@H](NC(=O)[C@@H](NC(C)=O)C1CCCCC1)C(C)C)C(=O)O. The van der Waals surface area contributed by atoms with Crippen molar-refractivity contribution >= 4 is 40.5 Å². The number of hydrogen-bond donors (Lipinski definition) is 4. The van der Waals surface area contributed by atoms with Gasteiger partial charge in [-0.1, -0.05) is 39.2 Å². The Balaban J connectivity index is 1.41. The molecule has 264 valence electrons. The fourth-order valence-corrected chi connectivity index (χ4v) is 7.22. The van der Waals surface area contributed by atoms with Gasteiger partial charge in [-0.15, -0.1) is 6.58 Å². The van der Waals surface area contributed by atoms with Gasteiger partial charge in [-0.25, -0.2) is 4.79 Å². The number of likely N-dealkylation sites (tertiary alicyclic amines) is 1. The quantitative estimate of drug-likeness (QED) is 0.232. The van der Waals surface area contributed by atoms with Gasteiger partial charge < -0.3 is 35.4 Å². The van der Waals surface area contributed by atoms with E-state index in [0.29, 0.717) is 22.4 Å². The van der Waals surface area contributed by atoms with Crippen molar-refractivity contribution in [3.8, 4) is 11.5 Å². The number of carbonyl (C=O) groups excluding carboxylic acids is 4. The summed E-state index contributed by atoms with van der Waals surface area (Å²) < 4.78 is 11.7. The molecule has 1 aromatic heterocycles. The van der Waals surface area contributed by atoms with Crippen LogP contribution in [0.3, 0.4) is 0 Å². The highest BCUT2D eigenvalue weighted by Gasteiger charge is 2.61. The van der Waals surface area contributed by atoms with Crippen molar-refractivity contribution in [1.82, 2.24) is 25.8 Å². The van der Waals surface area contributed by atoms with Gasteiger partial charge in [0.25, 0.3) is 0 Å². The molecular weight excluding hydrogens is 630 g/mol. The second-order valence-electron chi connectivity index (χ2n) is 13.8. The van der Waals surface area contributed by atoms with Crippen molar-refractivity contribution in [1.29, 1.82) is 0 Å². The topological polar surface area (TPSA) is 176 Å². The maximum atomic E-state index is 14.4. The van der Waals surface area contributed by atoms with Crippen molar-refractivity contribution < 1.29 is 38.6 Å². The van der Waals surface area contributed by atoms with Crippen molar-refractivity contribution in [2.45, 2.75) is 95.5 Å². The van der Waals surface area contributed by atoms with E-state index in [4.69, 9.17) is 9.47 Å². The lowest BCUT2D eigenvalue weighted by Gasteiger charge is -2.34. The summed E-state index contributed by atoms with van der Waals surface area (Å²) in [5.74, 6) is -2.81. The van der Waals surface area contributed by atoms with Gasteiger partial charge in [-0.05, 0) is 49.3 Å². The number of fused-ring (bicyclic) bond motifs is 1. The van der Waals surface area contributed by atoms with Gasteiger partial charge in [-0.2, -0.15) is 0 Å². The Kier molecular flexibility index (Phi) is 10.8. The molecule has 13 heteroatoms. The van der Waals surface area contributed by atoms with Gasteiger partial charge in [0.05, 0.1) is 19.2 Å². The summed E-state index contributed by atoms with van der Waals surface area (Å²) in [5.41, 5.74) is -0.858. The maximum Gasteiger partial charge on any atom is 0.330 e. The second-order valence-corrected chi connectivity index (χ2v) is 13.8. The number of benzene rings is 1. The fraction of sp³-hybridized carbons (Fsp3) is 0.556. The van der Waals surface area contributed by atoms with Gasteiger partial charge in [0.2, 0.25) is 23.6 Å². The average Bonchev–Trinajstić information content (AvgIpc) is 3.65. The van der Waals surface area contributed by atoms with Crippen LogP contribution < -0.4 is 25.4 Å². The van der Waals surface area contributed by atoms with Gasteiger partial charge in [0, 0.05) is 36.9 Å². The monoisotopic (exact) mass is 677 g/mol. The van der Waals surface area contributed by atoms with Gasteiger partial charge >= 0.3 is 5.97 Å². The number of pyridine rings is 1. The number of nitrogens with zero attached hydrogens (tertiary/aromatic N) is 2. The Morgan fingerprint density at radius 1 is 1.10 bits per heavy atom. The van der Waals surface area contributed by atoms with Crippen molar-refractivity contribution in [2.24, 2.45) is 17.8 Å². The van der Waals surface area contributed by atoms with Crippen LogP contribution in [0.5, 0.6) is 11.5 Å². The predicted molar refractivity (Wildman–Crippen MR) is 181 cm³/mol. The number of nitrogens with one attached hydrogen (secondary N) is 3. The molecule has 49 heavy (non-hydrogen) atoms. The molecule has 0 bridgehead atoms. The summed E-state index contributed by atoms with van der Waals surface area (Å²) in [4.78, 5) is 72.2. The third-order valence-electron chi connectivity index (χ3n) is 10.1. The van der Waals surface area contributed by atoms with Gasteiger partial charge in [0.15, 0.2) is 0 Å². The molecule has 1 saturated heterocycles. The third-order valence-corrected chi connectivity index (χ3v) is 10.1. The number of amides is 4. The number of carboxylic acid groups (broad SMARTS) is 1. The summed E-state index contributed by atoms with van der Waals surface area (Å²) in [6.07, 6.45) is 7.31. The normalized spacial score (nSPS) is 24.8. The van der Waals surface area contributed by atoms with Crippen LogP contribution in [0.2, 0.25) is 0 Å². The lowest BCUT2D eigenvalue weighted by molar-refractivity contribution is -0.146. The van der Waals surface area contributed by atoms with Crippen LogP contribution in [-0.4, -0.2) is 88.0 Å². The third kappa shape index (κ3) is 7.65. The minimum Gasteiger partial charge on any atom is -0.497 e. The van der Waals surface area contributed by atoms with E-state index in [2.05, 4.69) is 27.5 Å². The number of rotatable bonds is 13. The number of aliphatic carboxylic acids is 1. The van der Waals surface area contributed by atoms with Crippen LogP contribution in [0.15, 0.2) is 43.1 Å². The zero-order chi connectivity index (χ0) is 35.5. The average molecular weight is 678 g/mol. The zero-order valence-corrected chi connectivity index (χ0v) is 28.6. The molecule has 0 spiro atoms. The van der Waals surface area contributed by atoms with E-state index in [0.717, 1.165) is 32.1 Å². The summed E-state index contributed by atoms with van der Waals surface area (Å²) in [6.45, 7) is 8.67. The van der Waals surface area contributed by atoms with Crippen LogP contribution in [0.1, 0.15) is 65.7 Å². The number of aromatic nitrogens is 1. The molecule has 0 radical (unpaired) electrons. The second kappa shape index (κ2) is 14.8. The summed E-state index contributed by atoms with van der Waals surface area (Å²) in [6, 6.07) is 4.20. The molecule has 2 aromatic rings. The molecule has 4 amide bonds. The largest absolute Gasteiger partial charge is 0.497 e. The zero-order valence-electron chi connectivity index (χ0n) is 28.6. The molecule has 3 aliphatic rings. The van der Waals surface area contributed by atoms with E-state index in [9.17, 15) is 29.1 Å². The Morgan fingerprint density at radius 2 is 1.84 bits per heavy atom. The molecule has 2 saturated carbocycles. The molecule has 1 aliphatic heterocycles. The molecular formula is C36H47N5O8. The molecule has 1 aromatic carbocycles. The number of carbonyl (C=O) groups is 5. The van der Waals surface area contributed by atoms with E-state index < -0.39 is 59.4 Å². The van der Waals surface area contributed by atoms with Crippen molar-refractivity contribution in [3.05, 3.63) is 43.1 Å². The molecule has 4 N–H and O–H groups in total. The first-order chi connectivity index (χ1) is 23.4. The molecule has 2 aliphatic carbocycles. The minimum absolute atomic E-state index is 0.0126. The number of ether oxygens (including phenoxy) is 2. The van der Waals surface area contributed by atoms with E-state index in [1.165, 1.54) is 17.9 Å². The maximum absolute atomic E-state index is 14.4. The minimum atomic E-state index is -1.50. The van der Waals surface area contributed by atoms with Crippen molar-refractivity contribution in [3.63, 3.8) is 0 Å². The first-order valence-electron chi connectivity index (χ1n) is 17.0. The van der Waals surface area contributed by atoms with Gasteiger partial charge in [-0.3, -0.25) is 24.2 Å². The molecule has 0 unspecified atom stereocenters. The summed E-state index contributed by atoms with van der Waals surface area (Å²) in [7, 11) is 1.56. The van der Waals surface area contributed by atoms with E-state index in [-0.39, 0.29) is 37.1 Å². The van der Waals surface area contributed by atoms with Crippen LogP contribution in [-0.2, 0) is 24.0 Å². The standard InChI is InChI=1S/C36H47N5O8/c1-6-23-18-36(23,35(46)47)40-32(43)28-17-25(49-29-14-15-37-27-16-24(48-5)12-13-26(27)29)19-41(28)34(45)30(20(2)3)39-33(44)31(38-21(4)42)22-10-8-7-9-11-22/h6,12-16,20,22-23,25,28,30-31H,1,7-11,17-19H2,2-5H3,(H,38,42)(H,39,44)(H,40,43)(H,46,47)/t23-,25-,28+,30+,31+,36-/m1/s1. The smallest absolute Gasteiger partial charge is 0.330 e. The first-order valence-corrected chi connectivity index (χ1v) is 17.0. The van der Waals surface area contributed by atoms with Crippen LogP contribution in [0, 0.1) is 17.8 Å².